The van der Waals surface area contributed by atoms with E-state index >= 15 is 0 Å². The molecule has 0 amide bonds. The van der Waals surface area contributed by atoms with E-state index < -0.39 is 0 Å². The van der Waals surface area contributed by atoms with Crippen LogP contribution in [0.1, 0.15) is 6.42 Å². The van der Waals surface area contributed by atoms with Crippen LogP contribution in [0.15, 0.2) is 24.3 Å². The van der Waals surface area contributed by atoms with Crippen LogP contribution in [-0.4, -0.2) is 20.4 Å². The van der Waals surface area contributed by atoms with Gasteiger partial charge in [-0.25, -0.2) is 0 Å². The molecule has 0 aromatic heterocycles. The number of carbonyl (C=O) groups excluding carboxylic acids is 3. The van der Waals surface area contributed by atoms with Gasteiger partial charge in [0.15, 0.2) is 0 Å². The van der Waals surface area contributed by atoms with Crippen LogP contribution >= 0.6 is 0 Å². The van der Waals surface area contributed by atoms with Crippen molar-refractivity contribution >= 4 is 20.4 Å². The summed E-state index contributed by atoms with van der Waals surface area (Å²) in [6.07, 6.45) is 9.50. The summed E-state index contributed by atoms with van der Waals surface area (Å²) in [5.41, 5.74) is 0. The minimum absolute atomic E-state index is 0. The Morgan fingerprint density at radius 1 is 0.750 bits per heavy atom. The molecule has 0 aromatic rings. The van der Waals surface area contributed by atoms with E-state index in [9.17, 15) is 0 Å². The monoisotopic (exact) mass is 258 g/mol. The van der Waals surface area contributed by atoms with Gasteiger partial charge in [0.25, 0.3) is 0 Å². The molecule has 0 atom stereocenters. The van der Waals surface area contributed by atoms with Crippen LogP contribution < -0.4 is 0 Å². The van der Waals surface area contributed by atoms with Crippen molar-refractivity contribution in [3.63, 3.8) is 0 Å². The molecule has 0 aliphatic heterocycles. The number of allylic oxidation sites excluding steroid dienone is 4. The molecule has 0 N–H and O–H groups in total. The van der Waals surface area contributed by atoms with Gasteiger partial charge in [0.2, 0.25) is 0 Å². The van der Waals surface area contributed by atoms with Crippen molar-refractivity contribution in [2.24, 2.45) is 0 Å². The van der Waals surface area contributed by atoms with Crippen LogP contribution in [0, 0.1) is 0 Å². The Hall–Kier alpha value is -0.887. The topological polar surface area (TPSA) is 51.2 Å². The first kappa shape index (κ1) is 22.5. The van der Waals surface area contributed by atoms with Crippen LogP contribution in [0.3, 0.4) is 0 Å². The fourth-order valence-electron chi connectivity index (χ4n) is 0.393. The second kappa shape index (κ2) is 49.6. The van der Waals surface area contributed by atoms with Gasteiger partial charge in [-0.2, -0.15) is 0 Å². The van der Waals surface area contributed by atoms with Gasteiger partial charge in [0.05, 0.1) is 0 Å². The summed E-state index contributed by atoms with van der Waals surface area (Å²) < 4.78 is 0. The van der Waals surface area contributed by atoms with Crippen LogP contribution in [0.4, 0.5) is 0 Å². The first-order valence-electron chi connectivity index (χ1n) is 2.68. The van der Waals surface area contributed by atoms with Gasteiger partial charge in [-0.1, -0.05) is 24.3 Å². The van der Waals surface area contributed by atoms with Crippen molar-refractivity contribution in [1.82, 2.24) is 0 Å². The van der Waals surface area contributed by atoms with Crippen LogP contribution in [0.5, 0.6) is 0 Å². The quantitative estimate of drug-likeness (QED) is 0.607. The van der Waals surface area contributed by atoms with Gasteiger partial charge < -0.3 is 14.4 Å². The third kappa shape index (κ3) is 35.5. The molecule has 70 valence electrons. The molecule has 0 aromatic carbocycles. The summed E-state index contributed by atoms with van der Waals surface area (Å²) in [5.74, 6) is 0. The van der Waals surface area contributed by atoms with Gasteiger partial charge >= 0.3 is 0 Å². The molecule has 0 spiro atoms. The number of carbonyl (C=O) groups is 3. The third-order valence-electron chi connectivity index (χ3n) is 0.655. The number of rotatable bonds is 0. The van der Waals surface area contributed by atoms with E-state index in [1.54, 1.807) is 0 Å². The van der Waals surface area contributed by atoms with Gasteiger partial charge in [-0.05, 0) is 6.42 Å². The molecule has 0 radical (unpaired) electrons. The fourth-order valence-corrected chi connectivity index (χ4v) is 0.393. The van der Waals surface area contributed by atoms with E-state index in [-0.39, 0.29) is 19.5 Å². The Morgan fingerprint density at radius 3 is 1.08 bits per heavy atom. The van der Waals surface area contributed by atoms with Gasteiger partial charge in [0, 0.05) is 19.5 Å². The zero-order chi connectivity index (χ0) is 9.54. The standard InChI is InChI=1S/C5H6.3CH2O.Ru/c1-2-4-5-3-1;3*1-2;/h1-4H,5H2;3*1H2;. The molecule has 0 saturated heterocycles. The van der Waals surface area contributed by atoms with Crippen LogP contribution in [-0.2, 0) is 33.9 Å². The molecule has 4 heteroatoms. The van der Waals surface area contributed by atoms with E-state index in [0.29, 0.717) is 0 Å². The van der Waals surface area contributed by atoms with E-state index in [1.807, 2.05) is 20.4 Å². The molecule has 1 rings (SSSR count). The summed E-state index contributed by atoms with van der Waals surface area (Å²) in [6.45, 7) is 6.00. The van der Waals surface area contributed by atoms with Crippen LogP contribution in [0.25, 0.3) is 0 Å². The number of hydrogen-bond donors (Lipinski definition) is 0. The van der Waals surface area contributed by atoms with Crippen molar-refractivity contribution < 1.29 is 33.9 Å². The molecule has 1 aliphatic rings. The molecule has 0 unspecified atom stereocenters. The minimum atomic E-state index is 0. The van der Waals surface area contributed by atoms with E-state index in [2.05, 4.69) is 24.3 Å². The Bertz CT molecular complexity index is 98.1. The first-order valence-corrected chi connectivity index (χ1v) is 2.68. The SMILES string of the molecule is C1=CCC=C1.C=O.C=O.C=O.[Ru]. The van der Waals surface area contributed by atoms with E-state index in [0.717, 1.165) is 6.42 Å². The third-order valence-corrected chi connectivity index (χ3v) is 0.655. The van der Waals surface area contributed by atoms with Crippen molar-refractivity contribution in [3.8, 4) is 0 Å². The van der Waals surface area contributed by atoms with Crippen molar-refractivity contribution in [2.45, 2.75) is 6.42 Å². The smallest absolute Gasteiger partial charge is 0.106 e. The predicted molar refractivity (Wildman–Crippen MR) is 44.3 cm³/mol. The van der Waals surface area contributed by atoms with Crippen molar-refractivity contribution in [1.29, 1.82) is 0 Å². The molecular weight excluding hydrogens is 245 g/mol. The molecule has 0 saturated carbocycles. The Labute approximate surface area is 85.3 Å². The summed E-state index contributed by atoms with van der Waals surface area (Å²) in [5, 5.41) is 0. The van der Waals surface area contributed by atoms with Gasteiger partial charge in [0.1, 0.15) is 20.4 Å². The molecule has 1 aliphatic carbocycles. The summed E-state index contributed by atoms with van der Waals surface area (Å²) in [4.78, 5) is 24.0. The van der Waals surface area contributed by atoms with Crippen molar-refractivity contribution in [3.05, 3.63) is 24.3 Å². The van der Waals surface area contributed by atoms with E-state index in [4.69, 9.17) is 14.4 Å². The molecule has 0 fully saturated rings. The molecule has 12 heavy (non-hydrogen) atoms. The van der Waals surface area contributed by atoms with Gasteiger partial charge in [-0.15, -0.1) is 0 Å². The van der Waals surface area contributed by atoms with Crippen molar-refractivity contribution in [2.75, 3.05) is 0 Å². The van der Waals surface area contributed by atoms with Crippen LogP contribution in [0.2, 0.25) is 0 Å². The molecule has 3 nitrogen and oxygen atoms in total. The summed E-state index contributed by atoms with van der Waals surface area (Å²) >= 11 is 0. The molecule has 0 heterocycles. The zero-order valence-corrected chi connectivity index (χ0v) is 8.45. The first-order chi connectivity index (χ1) is 5.50. The van der Waals surface area contributed by atoms with E-state index in [1.165, 1.54) is 0 Å². The largest absolute Gasteiger partial charge is 0.307 e. The molecule has 0 bridgehead atoms. The fraction of sp³-hybridized carbons (Fsp3) is 0.125. The maximum Gasteiger partial charge on any atom is 0.106 e. The molecular formula is C8H12O3Ru. The zero-order valence-electron chi connectivity index (χ0n) is 6.72. The predicted octanol–water partition coefficient (Wildman–Crippen LogP) is 0.945. The average Bonchev–Trinajstić information content (AvgIpc) is 2.71. The average molecular weight is 257 g/mol. The maximum absolute atomic E-state index is 8.00. The second-order valence-electron chi connectivity index (χ2n) is 1.09. The number of hydrogen-bond acceptors (Lipinski definition) is 3. The maximum atomic E-state index is 8.00. The Balaban J connectivity index is -0.0000000406. The Kier molecular flexibility index (Phi) is 92.9. The summed E-state index contributed by atoms with van der Waals surface area (Å²) in [6, 6.07) is 0. The van der Waals surface area contributed by atoms with Gasteiger partial charge in [-0.3, -0.25) is 0 Å². The second-order valence-corrected chi connectivity index (χ2v) is 1.09. The Morgan fingerprint density at radius 2 is 1.00 bits per heavy atom. The summed E-state index contributed by atoms with van der Waals surface area (Å²) in [7, 11) is 0. The minimum Gasteiger partial charge on any atom is -0.307 e. The normalized spacial score (nSPS) is 8.33.